The minimum absolute atomic E-state index is 0.103. The van der Waals surface area contributed by atoms with Gasteiger partial charge >= 0.3 is 0 Å². The molecule has 5 heteroatoms. The summed E-state index contributed by atoms with van der Waals surface area (Å²) in [4.78, 5) is 28.0. The van der Waals surface area contributed by atoms with E-state index >= 15 is 0 Å². The van der Waals surface area contributed by atoms with Gasteiger partial charge in [0.05, 0.1) is 17.0 Å². The second-order valence-electron chi connectivity index (χ2n) is 6.84. The Morgan fingerprint density at radius 3 is 2.70 bits per heavy atom. The minimum atomic E-state index is -0.550. The molecule has 1 aliphatic heterocycles. The van der Waals surface area contributed by atoms with Crippen LogP contribution in [0.5, 0.6) is 0 Å². The number of carbonyl (C=O) groups excluding carboxylic acids is 1. The van der Waals surface area contributed by atoms with E-state index in [1.54, 1.807) is 23.1 Å². The van der Waals surface area contributed by atoms with Crippen LogP contribution in [-0.2, 0) is 0 Å². The van der Waals surface area contributed by atoms with Crippen molar-refractivity contribution in [1.82, 2.24) is 4.90 Å². The smallest absolute Gasteiger partial charge is 0.291 e. The molecule has 0 aliphatic carbocycles. The Balaban J connectivity index is 2.07. The first-order valence-electron chi connectivity index (χ1n) is 8.67. The summed E-state index contributed by atoms with van der Waals surface area (Å²) < 4.78 is 5.98. The molecule has 4 nitrogen and oxygen atoms in total. The fourth-order valence-electron chi connectivity index (χ4n) is 3.83. The van der Waals surface area contributed by atoms with E-state index in [0.717, 1.165) is 16.7 Å². The van der Waals surface area contributed by atoms with Gasteiger partial charge < -0.3 is 9.32 Å². The van der Waals surface area contributed by atoms with Crippen LogP contribution in [0.2, 0.25) is 5.02 Å². The molecule has 0 bridgehead atoms. The van der Waals surface area contributed by atoms with Gasteiger partial charge in [-0.2, -0.15) is 0 Å². The Morgan fingerprint density at radius 2 is 2.00 bits per heavy atom. The van der Waals surface area contributed by atoms with Gasteiger partial charge in [0, 0.05) is 11.6 Å². The Labute approximate surface area is 161 Å². The van der Waals surface area contributed by atoms with Gasteiger partial charge in [0.25, 0.3) is 5.91 Å². The van der Waals surface area contributed by atoms with Crippen molar-refractivity contribution in [3.8, 4) is 0 Å². The van der Waals surface area contributed by atoms with Crippen LogP contribution >= 0.6 is 11.6 Å². The number of hydrogen-bond donors (Lipinski definition) is 0. The highest BCUT2D eigenvalue weighted by Gasteiger charge is 2.42. The summed E-state index contributed by atoms with van der Waals surface area (Å²) in [6, 6.07) is 10.4. The molecular weight excluding hydrogens is 362 g/mol. The molecule has 1 atom stereocenters. The van der Waals surface area contributed by atoms with Gasteiger partial charge in [0.1, 0.15) is 5.58 Å². The molecule has 2 heterocycles. The molecule has 27 heavy (non-hydrogen) atoms. The van der Waals surface area contributed by atoms with E-state index < -0.39 is 6.04 Å². The van der Waals surface area contributed by atoms with E-state index in [9.17, 15) is 9.59 Å². The van der Waals surface area contributed by atoms with Crippen LogP contribution < -0.4 is 5.43 Å². The normalized spacial score (nSPS) is 16.0. The van der Waals surface area contributed by atoms with E-state index in [0.29, 0.717) is 28.1 Å². The van der Waals surface area contributed by atoms with Crippen molar-refractivity contribution in [2.45, 2.75) is 19.9 Å². The van der Waals surface area contributed by atoms with Crippen LogP contribution in [0.1, 0.15) is 38.9 Å². The molecule has 0 saturated carbocycles. The number of rotatable bonds is 3. The van der Waals surface area contributed by atoms with Crippen molar-refractivity contribution in [1.29, 1.82) is 0 Å². The average molecular weight is 380 g/mol. The van der Waals surface area contributed by atoms with Gasteiger partial charge in [0.15, 0.2) is 5.43 Å². The Hall–Kier alpha value is -2.85. The first-order valence-corrected chi connectivity index (χ1v) is 9.05. The van der Waals surface area contributed by atoms with Crippen molar-refractivity contribution >= 4 is 28.5 Å². The molecular formula is C22H18ClNO3. The van der Waals surface area contributed by atoms with E-state index in [1.807, 2.05) is 38.1 Å². The number of halogens is 1. The standard InChI is InChI=1S/C22H18ClNO3/c1-4-8-24-18(14-6-5-7-15(23)11-14)17-19(25)16-10-12(2)9-13(3)20(16)27-21(17)22(24)26/h4-7,9-11,18H,1,8H2,2-3H3. The second kappa shape index (κ2) is 6.39. The third-order valence-corrected chi connectivity index (χ3v) is 5.12. The van der Waals surface area contributed by atoms with Crippen molar-refractivity contribution in [2.24, 2.45) is 0 Å². The number of aryl methyl sites for hydroxylation is 2. The number of nitrogens with zero attached hydrogens (tertiary/aromatic N) is 1. The number of carbonyl (C=O) groups is 1. The zero-order chi connectivity index (χ0) is 19.3. The highest BCUT2D eigenvalue weighted by molar-refractivity contribution is 6.30. The average Bonchev–Trinajstić information content (AvgIpc) is 2.89. The quantitative estimate of drug-likeness (QED) is 0.614. The SMILES string of the molecule is C=CCN1C(=O)c2oc3c(C)cc(C)cc3c(=O)c2C1c1cccc(Cl)c1. The van der Waals surface area contributed by atoms with Gasteiger partial charge in [-0.05, 0) is 48.7 Å². The summed E-state index contributed by atoms with van der Waals surface area (Å²) >= 11 is 6.16. The fourth-order valence-corrected chi connectivity index (χ4v) is 4.02. The van der Waals surface area contributed by atoms with Gasteiger partial charge in [-0.15, -0.1) is 6.58 Å². The molecule has 3 aromatic rings. The van der Waals surface area contributed by atoms with Crippen molar-refractivity contribution in [3.63, 3.8) is 0 Å². The summed E-state index contributed by atoms with van der Waals surface area (Å²) in [6.45, 7) is 7.85. The van der Waals surface area contributed by atoms with Gasteiger partial charge in [-0.25, -0.2) is 0 Å². The predicted molar refractivity (Wildman–Crippen MR) is 106 cm³/mol. The first kappa shape index (κ1) is 17.6. The van der Waals surface area contributed by atoms with Crippen LogP contribution in [0.4, 0.5) is 0 Å². The minimum Gasteiger partial charge on any atom is -0.450 e. The lowest BCUT2D eigenvalue weighted by molar-refractivity contribution is 0.0748. The second-order valence-corrected chi connectivity index (χ2v) is 7.27. The molecule has 0 N–H and O–H groups in total. The maximum Gasteiger partial charge on any atom is 0.291 e. The van der Waals surface area contributed by atoms with E-state index in [4.69, 9.17) is 16.0 Å². The molecule has 1 amide bonds. The monoisotopic (exact) mass is 379 g/mol. The summed E-state index contributed by atoms with van der Waals surface area (Å²) in [7, 11) is 0. The lowest BCUT2D eigenvalue weighted by atomic mass is 9.97. The lowest BCUT2D eigenvalue weighted by Crippen LogP contribution is -2.29. The lowest BCUT2D eigenvalue weighted by Gasteiger charge is -2.23. The molecule has 1 aliphatic rings. The maximum atomic E-state index is 13.4. The van der Waals surface area contributed by atoms with Crippen LogP contribution in [0.25, 0.3) is 11.0 Å². The predicted octanol–water partition coefficient (Wildman–Crippen LogP) is 4.79. The van der Waals surface area contributed by atoms with E-state index in [2.05, 4.69) is 6.58 Å². The number of hydrogen-bond acceptors (Lipinski definition) is 3. The highest BCUT2D eigenvalue weighted by atomic mass is 35.5. The Morgan fingerprint density at radius 1 is 1.22 bits per heavy atom. The molecule has 1 unspecified atom stereocenters. The molecule has 0 saturated heterocycles. The van der Waals surface area contributed by atoms with Crippen molar-refractivity contribution in [2.75, 3.05) is 6.54 Å². The molecule has 136 valence electrons. The third kappa shape index (κ3) is 2.68. The Bertz CT molecular complexity index is 1160. The maximum absolute atomic E-state index is 13.4. The van der Waals surface area contributed by atoms with Crippen LogP contribution in [-0.4, -0.2) is 17.4 Å². The number of benzene rings is 2. The third-order valence-electron chi connectivity index (χ3n) is 4.89. The fraction of sp³-hybridized carbons (Fsp3) is 0.182. The zero-order valence-electron chi connectivity index (χ0n) is 15.1. The zero-order valence-corrected chi connectivity index (χ0v) is 15.8. The van der Waals surface area contributed by atoms with Crippen LogP contribution in [0.15, 0.2) is 58.3 Å². The van der Waals surface area contributed by atoms with Gasteiger partial charge in [-0.3, -0.25) is 9.59 Å². The highest BCUT2D eigenvalue weighted by Crippen LogP contribution is 2.39. The molecule has 4 rings (SSSR count). The molecule has 2 aromatic carbocycles. The largest absolute Gasteiger partial charge is 0.450 e. The van der Waals surface area contributed by atoms with Gasteiger partial charge in [-0.1, -0.05) is 35.9 Å². The first-order chi connectivity index (χ1) is 12.9. The number of amides is 1. The summed E-state index contributed by atoms with van der Waals surface area (Å²) in [5.41, 5.74) is 3.22. The summed E-state index contributed by atoms with van der Waals surface area (Å²) in [6.07, 6.45) is 1.64. The van der Waals surface area contributed by atoms with Crippen molar-refractivity contribution < 1.29 is 9.21 Å². The van der Waals surface area contributed by atoms with Crippen molar-refractivity contribution in [3.05, 3.63) is 92.3 Å². The van der Waals surface area contributed by atoms with E-state index in [1.165, 1.54) is 0 Å². The van der Waals surface area contributed by atoms with Crippen LogP contribution in [0.3, 0.4) is 0 Å². The topological polar surface area (TPSA) is 50.5 Å². The van der Waals surface area contributed by atoms with Crippen LogP contribution in [0, 0.1) is 13.8 Å². The molecule has 0 radical (unpaired) electrons. The van der Waals surface area contributed by atoms with E-state index in [-0.39, 0.29) is 17.1 Å². The van der Waals surface area contributed by atoms with Gasteiger partial charge in [0.2, 0.25) is 5.76 Å². The summed E-state index contributed by atoms with van der Waals surface area (Å²) in [5, 5.41) is 1.04. The Kier molecular flexibility index (Phi) is 4.16. The number of fused-ring (bicyclic) bond motifs is 2. The summed E-state index contributed by atoms with van der Waals surface area (Å²) in [5.74, 6) is -0.208. The molecule has 1 aromatic heterocycles. The molecule has 0 fully saturated rings. The molecule has 0 spiro atoms.